The van der Waals surface area contributed by atoms with Crippen molar-refractivity contribution >= 4 is 38.6 Å². The molecule has 6 rings (SSSR count). The van der Waals surface area contributed by atoms with Gasteiger partial charge in [-0.1, -0.05) is 115 Å². The van der Waals surface area contributed by atoms with E-state index in [4.69, 9.17) is 0 Å². The number of nitrogens with zero attached hydrogens (tertiary/aromatic N) is 1. The molecule has 6 aromatic carbocycles. The van der Waals surface area contributed by atoms with Crippen LogP contribution in [0.5, 0.6) is 0 Å². The molecule has 0 saturated carbocycles. The van der Waals surface area contributed by atoms with Gasteiger partial charge in [0.15, 0.2) is 0 Å². The Morgan fingerprint density at radius 1 is 0.333 bits per heavy atom. The second kappa shape index (κ2) is 8.29. The average molecular weight is 422 g/mol. The quantitative estimate of drug-likeness (QED) is 0.274. The summed E-state index contributed by atoms with van der Waals surface area (Å²) >= 11 is 0. The largest absolute Gasteiger partial charge is 0.309 e. The van der Waals surface area contributed by atoms with Crippen molar-refractivity contribution in [2.45, 2.75) is 0 Å². The van der Waals surface area contributed by atoms with Crippen LogP contribution >= 0.6 is 0 Å². The Morgan fingerprint density at radius 3 is 1.36 bits per heavy atom. The summed E-state index contributed by atoms with van der Waals surface area (Å²) in [5.74, 6) is 0. The van der Waals surface area contributed by atoms with Gasteiger partial charge >= 0.3 is 0 Å². The van der Waals surface area contributed by atoms with Gasteiger partial charge in [-0.3, -0.25) is 0 Å². The highest BCUT2D eigenvalue weighted by Gasteiger charge is 2.17. The fourth-order valence-corrected chi connectivity index (χ4v) is 4.65. The molecule has 0 aliphatic rings. The molecule has 0 aliphatic carbocycles. The fourth-order valence-electron chi connectivity index (χ4n) is 4.65. The van der Waals surface area contributed by atoms with Crippen molar-refractivity contribution < 1.29 is 0 Å². The van der Waals surface area contributed by atoms with Crippen molar-refractivity contribution in [1.82, 2.24) is 0 Å². The summed E-state index contributed by atoms with van der Waals surface area (Å²) in [6, 6.07) is 49.7. The third kappa shape index (κ3) is 3.54. The van der Waals surface area contributed by atoms with Crippen LogP contribution < -0.4 is 4.90 Å². The number of hydrogen-bond acceptors (Lipinski definition) is 1. The van der Waals surface area contributed by atoms with Crippen LogP contribution in [0.25, 0.3) is 32.7 Å². The van der Waals surface area contributed by atoms with E-state index in [0.29, 0.717) is 0 Å². The summed E-state index contributed by atoms with van der Waals surface area (Å²) in [6.45, 7) is 0. The minimum absolute atomic E-state index is 1.14. The summed E-state index contributed by atoms with van der Waals surface area (Å²) in [4.78, 5) is 2.39. The van der Waals surface area contributed by atoms with Crippen LogP contribution in [0.15, 0.2) is 140 Å². The zero-order chi connectivity index (χ0) is 22.0. The number of fused-ring (bicyclic) bond motifs is 2. The maximum absolute atomic E-state index is 2.39. The number of hydrogen-bond donors (Lipinski definition) is 0. The molecular formula is C32H23N. The molecule has 1 heteroatoms. The van der Waals surface area contributed by atoms with E-state index in [1.807, 2.05) is 0 Å². The Bertz CT molecular complexity index is 1460. The van der Waals surface area contributed by atoms with Crippen molar-refractivity contribution in [3.8, 4) is 11.1 Å². The highest BCUT2D eigenvalue weighted by atomic mass is 15.1. The zero-order valence-electron chi connectivity index (χ0n) is 18.2. The molecule has 0 aromatic heterocycles. The van der Waals surface area contributed by atoms with Gasteiger partial charge in [0.25, 0.3) is 0 Å². The number of benzene rings is 6. The molecule has 0 heterocycles. The first-order valence-corrected chi connectivity index (χ1v) is 11.3. The summed E-state index contributed by atoms with van der Waals surface area (Å²) < 4.78 is 0. The summed E-state index contributed by atoms with van der Waals surface area (Å²) in [5.41, 5.74) is 5.94. The van der Waals surface area contributed by atoms with E-state index in [-0.39, 0.29) is 0 Å². The lowest BCUT2D eigenvalue weighted by atomic mass is 10.0. The molecule has 33 heavy (non-hydrogen) atoms. The molecule has 0 amide bonds. The molecule has 0 radical (unpaired) electrons. The molecule has 156 valence electrons. The summed E-state index contributed by atoms with van der Waals surface area (Å²) in [7, 11) is 0. The lowest BCUT2D eigenvalue weighted by Crippen LogP contribution is -2.11. The lowest BCUT2D eigenvalue weighted by molar-refractivity contribution is 1.31. The predicted molar refractivity (Wildman–Crippen MR) is 142 cm³/mol. The van der Waals surface area contributed by atoms with Gasteiger partial charge in [-0.2, -0.15) is 0 Å². The first kappa shape index (κ1) is 19.3. The predicted octanol–water partition coefficient (Wildman–Crippen LogP) is 9.13. The van der Waals surface area contributed by atoms with Crippen LogP contribution in [0.1, 0.15) is 0 Å². The van der Waals surface area contributed by atoms with E-state index >= 15 is 0 Å². The van der Waals surface area contributed by atoms with Crippen molar-refractivity contribution in [3.63, 3.8) is 0 Å². The topological polar surface area (TPSA) is 3.24 Å². The van der Waals surface area contributed by atoms with Crippen molar-refractivity contribution in [1.29, 1.82) is 0 Å². The van der Waals surface area contributed by atoms with Crippen LogP contribution in [0.3, 0.4) is 0 Å². The highest BCUT2D eigenvalue weighted by Crippen LogP contribution is 2.42. The average Bonchev–Trinajstić information content (AvgIpc) is 2.90. The van der Waals surface area contributed by atoms with Gasteiger partial charge in [0, 0.05) is 16.5 Å². The molecule has 0 atom stereocenters. The Balaban J connectivity index is 1.58. The van der Waals surface area contributed by atoms with Gasteiger partial charge in [0.1, 0.15) is 0 Å². The van der Waals surface area contributed by atoms with Gasteiger partial charge in [-0.25, -0.2) is 0 Å². The van der Waals surface area contributed by atoms with E-state index in [1.165, 1.54) is 44.0 Å². The first-order valence-electron chi connectivity index (χ1n) is 11.3. The van der Waals surface area contributed by atoms with Crippen molar-refractivity contribution in [2.75, 3.05) is 4.90 Å². The Morgan fingerprint density at radius 2 is 0.788 bits per heavy atom. The molecule has 0 spiro atoms. The minimum atomic E-state index is 1.14. The Hall–Kier alpha value is -4.36. The molecule has 1 nitrogen and oxygen atoms in total. The molecule has 0 bridgehead atoms. The van der Waals surface area contributed by atoms with Gasteiger partial charge in [0.2, 0.25) is 0 Å². The van der Waals surface area contributed by atoms with Gasteiger partial charge < -0.3 is 4.90 Å². The highest BCUT2D eigenvalue weighted by molar-refractivity contribution is 6.04. The zero-order valence-corrected chi connectivity index (χ0v) is 18.2. The van der Waals surface area contributed by atoms with Gasteiger partial charge in [-0.05, 0) is 46.2 Å². The van der Waals surface area contributed by atoms with E-state index < -0.39 is 0 Å². The van der Waals surface area contributed by atoms with Crippen LogP contribution in [-0.4, -0.2) is 0 Å². The molecule has 0 aliphatic heterocycles. The maximum Gasteiger partial charge on any atom is 0.0540 e. The van der Waals surface area contributed by atoms with Crippen LogP contribution in [0, 0.1) is 0 Å². The lowest BCUT2D eigenvalue weighted by Gasteiger charge is -2.28. The van der Waals surface area contributed by atoms with Crippen LogP contribution in [0.2, 0.25) is 0 Å². The number of anilines is 3. The fraction of sp³-hybridized carbons (Fsp3) is 0. The first-order chi connectivity index (χ1) is 16.4. The monoisotopic (exact) mass is 421 g/mol. The molecule has 6 aromatic rings. The van der Waals surface area contributed by atoms with E-state index in [2.05, 4.69) is 144 Å². The van der Waals surface area contributed by atoms with Crippen molar-refractivity contribution in [3.05, 3.63) is 140 Å². The van der Waals surface area contributed by atoms with Gasteiger partial charge in [-0.15, -0.1) is 0 Å². The number of rotatable bonds is 4. The minimum Gasteiger partial charge on any atom is -0.309 e. The summed E-state index contributed by atoms with van der Waals surface area (Å²) in [5, 5.41) is 4.95. The molecule has 0 fully saturated rings. The standard InChI is InChI=1S/C32H23N/c1-2-10-24(11-3-1)25-20-22-28(23-21-25)33(31-18-8-14-26-12-4-6-16-29(26)31)32-19-9-15-27-13-5-7-17-30(27)32/h1-23H. The molecule has 0 unspecified atom stereocenters. The van der Waals surface area contributed by atoms with E-state index in [0.717, 1.165) is 5.69 Å². The smallest absolute Gasteiger partial charge is 0.0540 e. The van der Waals surface area contributed by atoms with E-state index in [1.54, 1.807) is 0 Å². The third-order valence-corrected chi connectivity index (χ3v) is 6.25. The normalized spacial score (nSPS) is 11.0. The Labute approximate surface area is 194 Å². The van der Waals surface area contributed by atoms with E-state index in [9.17, 15) is 0 Å². The van der Waals surface area contributed by atoms with Gasteiger partial charge in [0.05, 0.1) is 11.4 Å². The second-order valence-corrected chi connectivity index (χ2v) is 8.24. The molecule has 0 saturated heterocycles. The third-order valence-electron chi connectivity index (χ3n) is 6.25. The van der Waals surface area contributed by atoms with Crippen LogP contribution in [0.4, 0.5) is 17.1 Å². The second-order valence-electron chi connectivity index (χ2n) is 8.24. The SMILES string of the molecule is c1ccc(-c2ccc(N(c3cccc4ccccc34)c3cccc4ccccc34)cc2)cc1. The molecular weight excluding hydrogens is 398 g/mol. The van der Waals surface area contributed by atoms with Crippen LogP contribution in [-0.2, 0) is 0 Å². The maximum atomic E-state index is 2.39. The van der Waals surface area contributed by atoms with Crippen molar-refractivity contribution in [2.24, 2.45) is 0 Å². The summed E-state index contributed by atoms with van der Waals surface area (Å²) in [6.07, 6.45) is 0. The Kier molecular flexibility index (Phi) is 4.86. The molecule has 0 N–H and O–H groups in total.